The quantitative estimate of drug-likeness (QED) is 0.480. The summed E-state index contributed by atoms with van der Waals surface area (Å²) in [6, 6.07) is 9.45. The van der Waals surface area contributed by atoms with E-state index in [1.807, 2.05) is 48.1 Å². The Balaban J connectivity index is 1.21. The topological polar surface area (TPSA) is 107 Å². The molecule has 1 saturated carbocycles. The Morgan fingerprint density at radius 3 is 2.77 bits per heavy atom. The number of aromatic nitrogens is 5. The van der Waals surface area contributed by atoms with Gasteiger partial charge in [0.1, 0.15) is 12.1 Å². The number of carbonyl (C=O) groups is 2. The number of hydrogen-bond acceptors (Lipinski definition) is 6. The lowest BCUT2D eigenvalue weighted by Crippen LogP contribution is -2.41. The molecule has 6 rings (SSSR count). The zero-order valence-electron chi connectivity index (χ0n) is 19.5. The summed E-state index contributed by atoms with van der Waals surface area (Å²) in [5.74, 6) is 1.67. The van der Waals surface area contributed by atoms with Crippen LogP contribution in [0.15, 0.2) is 49.1 Å². The van der Waals surface area contributed by atoms with E-state index >= 15 is 0 Å². The Bertz CT molecular complexity index is 1450. The van der Waals surface area contributed by atoms with Gasteiger partial charge in [0.25, 0.3) is 0 Å². The van der Waals surface area contributed by atoms with Crippen LogP contribution in [0.1, 0.15) is 44.0 Å². The zero-order valence-corrected chi connectivity index (χ0v) is 19.5. The average molecular weight is 472 g/mol. The summed E-state index contributed by atoms with van der Waals surface area (Å²) in [6.45, 7) is 4.03. The van der Waals surface area contributed by atoms with Crippen LogP contribution in [0.3, 0.4) is 0 Å². The van der Waals surface area contributed by atoms with E-state index in [1.165, 1.54) is 6.33 Å². The number of nitrogens with zero attached hydrogens (tertiary/aromatic N) is 6. The SMILES string of the molecule is CC(=O)N1Cc2ncnc(Oc3ccc4c(ccn4C(=O)Nc4ccn(C5CC5)n4)c3)c2C[C@@H]1C. The van der Waals surface area contributed by atoms with Crippen LogP contribution in [0, 0.1) is 0 Å². The predicted octanol–water partition coefficient (Wildman–Crippen LogP) is 4.13. The molecule has 10 nitrogen and oxygen atoms in total. The van der Waals surface area contributed by atoms with Crippen LogP contribution in [-0.2, 0) is 17.8 Å². The second kappa shape index (κ2) is 8.23. The molecule has 1 aliphatic carbocycles. The summed E-state index contributed by atoms with van der Waals surface area (Å²) < 4.78 is 9.60. The van der Waals surface area contributed by atoms with E-state index in [4.69, 9.17) is 4.74 Å². The van der Waals surface area contributed by atoms with E-state index in [-0.39, 0.29) is 18.0 Å². The van der Waals surface area contributed by atoms with Gasteiger partial charge in [0.15, 0.2) is 5.82 Å². The molecule has 1 aromatic carbocycles. The first-order chi connectivity index (χ1) is 17.0. The van der Waals surface area contributed by atoms with Gasteiger partial charge in [-0.3, -0.25) is 19.4 Å². The highest BCUT2D eigenvalue weighted by atomic mass is 16.5. The summed E-state index contributed by atoms with van der Waals surface area (Å²) in [5.41, 5.74) is 2.48. The van der Waals surface area contributed by atoms with Gasteiger partial charge in [-0.1, -0.05) is 0 Å². The standard InChI is InChI=1S/C25H25N7O3/c1-15-11-20-21(13-31(15)16(2)33)26-14-27-24(20)35-19-5-6-22-17(12-19)7-9-30(22)25(34)28-23-8-10-32(29-23)18-3-4-18/h5-10,12,14-15,18H,3-4,11,13H2,1-2H3,(H,28,29,34)/t15-/m0/s1. The minimum atomic E-state index is -0.274. The fourth-order valence-corrected chi connectivity index (χ4v) is 4.59. The molecule has 10 heteroatoms. The number of fused-ring (bicyclic) bond motifs is 2. The van der Waals surface area contributed by atoms with Crippen molar-refractivity contribution in [2.24, 2.45) is 0 Å². The molecule has 4 heterocycles. The molecule has 2 aliphatic rings. The van der Waals surface area contributed by atoms with E-state index in [2.05, 4.69) is 20.4 Å². The lowest BCUT2D eigenvalue weighted by atomic mass is 9.99. The first-order valence-corrected chi connectivity index (χ1v) is 11.7. The molecule has 1 N–H and O–H groups in total. The first kappa shape index (κ1) is 21.3. The highest BCUT2D eigenvalue weighted by molar-refractivity contribution is 5.98. The third-order valence-corrected chi connectivity index (χ3v) is 6.61. The molecular weight excluding hydrogens is 446 g/mol. The van der Waals surface area contributed by atoms with Crippen molar-refractivity contribution in [1.82, 2.24) is 29.2 Å². The molecule has 3 aromatic heterocycles. The van der Waals surface area contributed by atoms with Gasteiger partial charge in [0.05, 0.1) is 23.8 Å². The second-order valence-electron chi connectivity index (χ2n) is 9.15. The van der Waals surface area contributed by atoms with Gasteiger partial charge in [0.2, 0.25) is 11.8 Å². The minimum absolute atomic E-state index is 0.0273. The van der Waals surface area contributed by atoms with E-state index in [1.54, 1.807) is 22.6 Å². The van der Waals surface area contributed by atoms with Crippen LogP contribution in [-0.4, -0.2) is 47.2 Å². The molecule has 0 unspecified atom stereocenters. The molecule has 2 amide bonds. The average Bonchev–Trinajstić information content (AvgIpc) is 3.44. The molecule has 0 radical (unpaired) electrons. The first-order valence-electron chi connectivity index (χ1n) is 11.7. The van der Waals surface area contributed by atoms with Crippen LogP contribution < -0.4 is 10.1 Å². The number of nitrogens with one attached hydrogen (secondary N) is 1. The summed E-state index contributed by atoms with van der Waals surface area (Å²) in [6.07, 6.45) is 7.98. The summed E-state index contributed by atoms with van der Waals surface area (Å²) in [4.78, 5) is 35.3. The summed E-state index contributed by atoms with van der Waals surface area (Å²) >= 11 is 0. The molecule has 1 fully saturated rings. The number of benzene rings is 1. The molecule has 0 saturated heterocycles. The van der Waals surface area contributed by atoms with Gasteiger partial charge in [0, 0.05) is 42.4 Å². The Labute approximate surface area is 201 Å². The van der Waals surface area contributed by atoms with Crippen LogP contribution in [0.4, 0.5) is 10.6 Å². The molecule has 178 valence electrons. The number of amides is 2. The van der Waals surface area contributed by atoms with Crippen LogP contribution in [0.25, 0.3) is 10.9 Å². The molecule has 0 bridgehead atoms. The predicted molar refractivity (Wildman–Crippen MR) is 128 cm³/mol. The molecular formula is C25H25N7O3. The van der Waals surface area contributed by atoms with Crippen LogP contribution >= 0.6 is 0 Å². The highest BCUT2D eigenvalue weighted by Gasteiger charge is 2.29. The lowest BCUT2D eigenvalue weighted by Gasteiger charge is -2.33. The summed E-state index contributed by atoms with van der Waals surface area (Å²) in [7, 11) is 0. The number of rotatable bonds is 4. The number of hydrogen-bond donors (Lipinski definition) is 1. The highest BCUT2D eigenvalue weighted by Crippen LogP contribution is 2.34. The Hall–Kier alpha value is -4.21. The largest absolute Gasteiger partial charge is 0.439 e. The number of anilines is 1. The maximum Gasteiger partial charge on any atom is 0.331 e. The fraction of sp³-hybridized carbons (Fsp3) is 0.320. The third-order valence-electron chi connectivity index (χ3n) is 6.61. The van der Waals surface area contributed by atoms with Crippen LogP contribution in [0.2, 0.25) is 0 Å². The molecule has 1 atom stereocenters. The van der Waals surface area contributed by atoms with Crippen molar-refractivity contribution < 1.29 is 14.3 Å². The van der Waals surface area contributed by atoms with Gasteiger partial charge in [-0.05, 0) is 50.5 Å². The van der Waals surface area contributed by atoms with Gasteiger partial charge in [-0.2, -0.15) is 5.10 Å². The molecule has 4 aromatic rings. The van der Waals surface area contributed by atoms with Crippen molar-refractivity contribution in [3.05, 3.63) is 60.3 Å². The zero-order chi connectivity index (χ0) is 24.1. The maximum atomic E-state index is 12.9. The lowest BCUT2D eigenvalue weighted by molar-refractivity contribution is -0.132. The number of ether oxygens (including phenoxy) is 1. The molecule has 1 aliphatic heterocycles. The third kappa shape index (κ3) is 4.01. The smallest absolute Gasteiger partial charge is 0.331 e. The van der Waals surface area contributed by atoms with Crippen molar-refractivity contribution in [2.45, 2.75) is 51.7 Å². The van der Waals surface area contributed by atoms with E-state index in [0.29, 0.717) is 36.5 Å². The van der Waals surface area contributed by atoms with Gasteiger partial charge >= 0.3 is 6.03 Å². The van der Waals surface area contributed by atoms with Crippen molar-refractivity contribution >= 4 is 28.7 Å². The Morgan fingerprint density at radius 1 is 1.11 bits per heavy atom. The van der Waals surface area contributed by atoms with Gasteiger partial charge in [-0.25, -0.2) is 14.8 Å². The number of carbonyl (C=O) groups excluding carboxylic acids is 2. The fourth-order valence-electron chi connectivity index (χ4n) is 4.59. The van der Waals surface area contributed by atoms with Gasteiger partial charge in [-0.15, -0.1) is 0 Å². The maximum absolute atomic E-state index is 12.9. The Morgan fingerprint density at radius 2 is 1.97 bits per heavy atom. The van der Waals surface area contributed by atoms with E-state index < -0.39 is 0 Å². The monoisotopic (exact) mass is 471 g/mol. The minimum Gasteiger partial charge on any atom is -0.439 e. The molecule has 35 heavy (non-hydrogen) atoms. The van der Waals surface area contributed by atoms with E-state index in [0.717, 1.165) is 35.0 Å². The van der Waals surface area contributed by atoms with Crippen LogP contribution in [0.5, 0.6) is 11.6 Å². The van der Waals surface area contributed by atoms with Crippen molar-refractivity contribution in [1.29, 1.82) is 0 Å². The van der Waals surface area contributed by atoms with Crippen molar-refractivity contribution in [3.63, 3.8) is 0 Å². The second-order valence-corrected chi connectivity index (χ2v) is 9.15. The van der Waals surface area contributed by atoms with Gasteiger partial charge < -0.3 is 9.64 Å². The molecule has 0 spiro atoms. The summed E-state index contributed by atoms with van der Waals surface area (Å²) in [5, 5.41) is 8.16. The normalized spacial score (nSPS) is 17.3. The van der Waals surface area contributed by atoms with Crippen molar-refractivity contribution in [2.75, 3.05) is 5.32 Å². The van der Waals surface area contributed by atoms with Crippen molar-refractivity contribution in [3.8, 4) is 11.6 Å². The Kier molecular flexibility index (Phi) is 5.01. The van der Waals surface area contributed by atoms with E-state index in [9.17, 15) is 9.59 Å².